The topological polar surface area (TPSA) is 24.9 Å². The van der Waals surface area contributed by atoms with Crippen molar-refractivity contribution in [1.29, 1.82) is 0 Å². The van der Waals surface area contributed by atoms with E-state index in [-0.39, 0.29) is 0 Å². The van der Waals surface area contributed by atoms with Crippen LogP contribution in [0.1, 0.15) is 37.2 Å². The predicted molar refractivity (Wildman–Crippen MR) is 68.6 cm³/mol. The Hall–Kier alpha value is -0.0600. The second-order valence-electron chi connectivity index (χ2n) is 4.13. The van der Waals surface area contributed by atoms with Crippen LogP contribution in [-0.4, -0.2) is 22.5 Å². The minimum absolute atomic E-state index is 0.413. The zero-order valence-corrected chi connectivity index (χ0v) is 10.9. The molecule has 0 bridgehead atoms. The van der Waals surface area contributed by atoms with Gasteiger partial charge in [-0.3, -0.25) is 0 Å². The summed E-state index contributed by atoms with van der Waals surface area (Å²) in [7, 11) is 0. The van der Waals surface area contributed by atoms with Crippen molar-refractivity contribution >= 4 is 23.1 Å². The fraction of sp³-hybridized carbons (Fsp3) is 0.727. The lowest BCUT2D eigenvalue weighted by Gasteiger charge is -2.17. The van der Waals surface area contributed by atoms with Crippen LogP contribution < -0.4 is 5.32 Å². The third-order valence-corrected chi connectivity index (χ3v) is 5.08. The molecule has 3 atom stereocenters. The molecule has 1 N–H and O–H groups in total. The standard InChI is InChI=1S/C11H18N2S2/c1-8(11-12-5-6-15-11)13-9-3-4-10(7-9)14-2/h5-6,8-10,13H,3-4,7H2,1-2H3. The maximum atomic E-state index is 4.35. The third-order valence-electron chi connectivity index (χ3n) is 3.03. The van der Waals surface area contributed by atoms with Gasteiger partial charge in [-0.05, 0) is 32.4 Å². The van der Waals surface area contributed by atoms with E-state index in [9.17, 15) is 0 Å². The Morgan fingerprint density at radius 1 is 1.60 bits per heavy atom. The van der Waals surface area contributed by atoms with Gasteiger partial charge < -0.3 is 5.32 Å². The van der Waals surface area contributed by atoms with E-state index < -0.39 is 0 Å². The molecule has 0 spiro atoms. The van der Waals surface area contributed by atoms with E-state index in [0.29, 0.717) is 12.1 Å². The Bertz CT molecular complexity index is 287. The minimum atomic E-state index is 0.413. The molecule has 0 amide bonds. The van der Waals surface area contributed by atoms with Crippen LogP contribution in [0.25, 0.3) is 0 Å². The summed E-state index contributed by atoms with van der Waals surface area (Å²) in [6.07, 6.45) is 8.11. The van der Waals surface area contributed by atoms with Gasteiger partial charge in [-0.2, -0.15) is 11.8 Å². The van der Waals surface area contributed by atoms with Crippen molar-refractivity contribution in [3.63, 3.8) is 0 Å². The van der Waals surface area contributed by atoms with E-state index in [4.69, 9.17) is 0 Å². The monoisotopic (exact) mass is 242 g/mol. The van der Waals surface area contributed by atoms with E-state index >= 15 is 0 Å². The summed E-state index contributed by atoms with van der Waals surface area (Å²) in [6.45, 7) is 2.21. The molecular formula is C11H18N2S2. The van der Waals surface area contributed by atoms with E-state index in [0.717, 1.165) is 5.25 Å². The summed E-state index contributed by atoms with van der Waals surface area (Å²) in [5.74, 6) is 0. The van der Waals surface area contributed by atoms with Gasteiger partial charge in [0.05, 0.1) is 6.04 Å². The normalized spacial score (nSPS) is 28.1. The predicted octanol–water partition coefficient (Wildman–Crippen LogP) is 3.08. The number of hydrogen-bond acceptors (Lipinski definition) is 4. The second kappa shape index (κ2) is 5.32. The third kappa shape index (κ3) is 2.95. The van der Waals surface area contributed by atoms with E-state index in [1.165, 1.54) is 24.3 Å². The van der Waals surface area contributed by atoms with Crippen LogP contribution in [0.4, 0.5) is 0 Å². The first-order chi connectivity index (χ1) is 7.29. The molecule has 1 aromatic rings. The van der Waals surface area contributed by atoms with Gasteiger partial charge in [-0.25, -0.2) is 4.98 Å². The second-order valence-corrected chi connectivity index (χ2v) is 6.19. The molecule has 84 valence electrons. The quantitative estimate of drug-likeness (QED) is 0.878. The van der Waals surface area contributed by atoms with E-state index in [1.54, 1.807) is 11.3 Å². The molecule has 3 unspecified atom stereocenters. The van der Waals surface area contributed by atoms with Crippen molar-refractivity contribution in [3.05, 3.63) is 16.6 Å². The number of hydrogen-bond donors (Lipinski definition) is 1. The fourth-order valence-corrected chi connectivity index (χ4v) is 3.63. The Morgan fingerprint density at radius 2 is 2.47 bits per heavy atom. The van der Waals surface area contributed by atoms with Crippen LogP contribution >= 0.6 is 23.1 Å². The molecule has 1 aromatic heterocycles. The smallest absolute Gasteiger partial charge is 0.109 e. The van der Waals surface area contributed by atoms with Crippen LogP contribution in [0.5, 0.6) is 0 Å². The SMILES string of the molecule is CSC1CCC(NC(C)c2nccs2)C1. The average molecular weight is 242 g/mol. The molecule has 2 rings (SSSR count). The van der Waals surface area contributed by atoms with Crippen LogP contribution in [0.2, 0.25) is 0 Å². The molecule has 1 saturated carbocycles. The summed E-state index contributed by atoms with van der Waals surface area (Å²) in [4.78, 5) is 4.35. The molecule has 1 aliphatic carbocycles. The molecule has 15 heavy (non-hydrogen) atoms. The van der Waals surface area contributed by atoms with Crippen LogP contribution in [-0.2, 0) is 0 Å². The van der Waals surface area contributed by atoms with Gasteiger partial charge in [0.15, 0.2) is 0 Å². The molecular weight excluding hydrogens is 224 g/mol. The number of aromatic nitrogens is 1. The van der Waals surface area contributed by atoms with Crippen molar-refractivity contribution in [1.82, 2.24) is 10.3 Å². The summed E-state index contributed by atoms with van der Waals surface area (Å²) in [6, 6.07) is 1.11. The summed E-state index contributed by atoms with van der Waals surface area (Å²) in [5.41, 5.74) is 0. The maximum absolute atomic E-state index is 4.35. The maximum Gasteiger partial charge on any atom is 0.109 e. The molecule has 0 aliphatic heterocycles. The van der Waals surface area contributed by atoms with Gasteiger partial charge in [-0.1, -0.05) is 0 Å². The van der Waals surface area contributed by atoms with Crippen molar-refractivity contribution in [2.45, 2.75) is 43.5 Å². The lowest BCUT2D eigenvalue weighted by Crippen LogP contribution is -2.29. The molecule has 1 heterocycles. The lowest BCUT2D eigenvalue weighted by atomic mass is 10.2. The largest absolute Gasteiger partial charge is 0.305 e. The number of rotatable bonds is 4. The highest BCUT2D eigenvalue weighted by Gasteiger charge is 2.25. The van der Waals surface area contributed by atoms with Crippen molar-refractivity contribution < 1.29 is 0 Å². The molecule has 1 aliphatic rings. The first kappa shape index (κ1) is 11.4. The highest BCUT2D eigenvalue weighted by molar-refractivity contribution is 7.99. The highest BCUT2D eigenvalue weighted by atomic mass is 32.2. The Morgan fingerprint density at radius 3 is 3.07 bits per heavy atom. The first-order valence-corrected chi connectivity index (χ1v) is 7.64. The van der Waals surface area contributed by atoms with E-state index in [2.05, 4.69) is 23.5 Å². The van der Waals surface area contributed by atoms with Gasteiger partial charge in [0, 0.05) is 22.9 Å². The van der Waals surface area contributed by atoms with Crippen LogP contribution in [0.15, 0.2) is 11.6 Å². The number of nitrogens with zero attached hydrogens (tertiary/aromatic N) is 1. The molecule has 4 heteroatoms. The highest BCUT2D eigenvalue weighted by Crippen LogP contribution is 2.29. The lowest BCUT2D eigenvalue weighted by molar-refractivity contribution is 0.461. The van der Waals surface area contributed by atoms with E-state index in [1.807, 2.05) is 23.3 Å². The van der Waals surface area contributed by atoms with Gasteiger partial charge in [-0.15, -0.1) is 11.3 Å². The molecule has 2 nitrogen and oxygen atoms in total. The molecule has 1 fully saturated rings. The molecule has 0 aromatic carbocycles. The summed E-state index contributed by atoms with van der Waals surface area (Å²) >= 11 is 3.75. The Kier molecular flexibility index (Phi) is 4.05. The fourth-order valence-electron chi connectivity index (χ4n) is 2.18. The van der Waals surface area contributed by atoms with Gasteiger partial charge >= 0.3 is 0 Å². The number of nitrogens with one attached hydrogen (secondary N) is 1. The number of thioether (sulfide) groups is 1. The van der Waals surface area contributed by atoms with Gasteiger partial charge in [0.2, 0.25) is 0 Å². The van der Waals surface area contributed by atoms with Crippen molar-refractivity contribution in [2.24, 2.45) is 0 Å². The summed E-state index contributed by atoms with van der Waals surface area (Å²) in [5, 5.41) is 7.81. The Balaban J connectivity index is 1.83. The number of thiazole rings is 1. The molecule has 0 radical (unpaired) electrons. The zero-order chi connectivity index (χ0) is 10.7. The van der Waals surface area contributed by atoms with Crippen LogP contribution in [0.3, 0.4) is 0 Å². The van der Waals surface area contributed by atoms with Crippen LogP contribution in [0, 0.1) is 0 Å². The first-order valence-electron chi connectivity index (χ1n) is 5.48. The Labute approximate surface area is 99.9 Å². The van der Waals surface area contributed by atoms with Crippen molar-refractivity contribution in [2.75, 3.05) is 6.26 Å². The van der Waals surface area contributed by atoms with Gasteiger partial charge in [0.1, 0.15) is 5.01 Å². The van der Waals surface area contributed by atoms with Crippen molar-refractivity contribution in [3.8, 4) is 0 Å². The van der Waals surface area contributed by atoms with Gasteiger partial charge in [0.25, 0.3) is 0 Å². The molecule has 0 saturated heterocycles. The minimum Gasteiger partial charge on any atom is -0.305 e. The summed E-state index contributed by atoms with van der Waals surface area (Å²) < 4.78 is 0. The zero-order valence-electron chi connectivity index (χ0n) is 9.27. The average Bonchev–Trinajstić information content (AvgIpc) is 2.87.